The molecule has 0 spiro atoms. The predicted molar refractivity (Wildman–Crippen MR) is 94.8 cm³/mol. The van der Waals surface area contributed by atoms with Gasteiger partial charge in [-0.1, -0.05) is 12.1 Å². The maximum atomic E-state index is 13.4. The molecule has 0 fully saturated rings. The van der Waals surface area contributed by atoms with Crippen LogP contribution in [0.1, 0.15) is 6.42 Å². The number of amides is 1. The number of nitrogens with one attached hydrogen (secondary N) is 1. The normalized spacial score (nSPS) is 11.1. The molecular weight excluding hydrogens is 366 g/mol. The first kappa shape index (κ1) is 19.6. The van der Waals surface area contributed by atoms with Gasteiger partial charge in [-0.05, 0) is 24.3 Å². The third-order valence-electron chi connectivity index (χ3n) is 3.51. The summed E-state index contributed by atoms with van der Waals surface area (Å²) in [5.41, 5.74) is 0.384. The van der Waals surface area contributed by atoms with E-state index in [1.165, 1.54) is 7.11 Å². The number of rotatable bonds is 7. The van der Waals surface area contributed by atoms with E-state index in [1.807, 2.05) is 0 Å². The van der Waals surface area contributed by atoms with Gasteiger partial charge in [-0.3, -0.25) is 9.10 Å². The third-order valence-corrected chi connectivity index (χ3v) is 4.71. The first-order valence-electron chi connectivity index (χ1n) is 7.58. The van der Waals surface area contributed by atoms with Crippen LogP contribution in [0.3, 0.4) is 0 Å². The molecule has 6 nitrogen and oxygen atoms in total. The van der Waals surface area contributed by atoms with Gasteiger partial charge in [0.1, 0.15) is 5.75 Å². The fourth-order valence-electron chi connectivity index (χ4n) is 2.29. The minimum absolute atomic E-state index is 0.0588. The summed E-state index contributed by atoms with van der Waals surface area (Å²) in [6.07, 6.45) is 0.733. The third kappa shape index (κ3) is 4.92. The molecule has 1 amide bonds. The number of hydrogen-bond donors (Lipinski definition) is 1. The van der Waals surface area contributed by atoms with Crippen molar-refractivity contribution in [2.75, 3.05) is 29.5 Å². The number of anilines is 2. The van der Waals surface area contributed by atoms with Gasteiger partial charge >= 0.3 is 0 Å². The number of carbonyl (C=O) groups is 1. The Morgan fingerprint density at radius 1 is 1.15 bits per heavy atom. The van der Waals surface area contributed by atoms with E-state index < -0.39 is 27.6 Å². The molecule has 2 rings (SSSR count). The molecule has 0 saturated carbocycles. The van der Waals surface area contributed by atoms with Gasteiger partial charge in [-0.15, -0.1) is 0 Å². The Bertz CT molecular complexity index is 903. The Balaban J connectivity index is 2.12. The molecule has 0 aliphatic carbocycles. The minimum atomic E-state index is -3.79. The number of ether oxygens (including phenoxy) is 1. The van der Waals surface area contributed by atoms with Crippen LogP contribution in [0.25, 0.3) is 0 Å². The molecule has 0 aliphatic heterocycles. The lowest BCUT2D eigenvalue weighted by atomic mass is 10.2. The van der Waals surface area contributed by atoms with Crippen molar-refractivity contribution in [3.8, 4) is 5.75 Å². The molecule has 0 aliphatic rings. The van der Waals surface area contributed by atoms with Crippen molar-refractivity contribution in [1.82, 2.24) is 0 Å². The Morgan fingerprint density at radius 2 is 1.85 bits per heavy atom. The SMILES string of the molecule is COc1ccccc1NC(=O)CCN(c1ccc(F)c(F)c1)S(C)(=O)=O. The second kappa shape index (κ2) is 8.13. The van der Waals surface area contributed by atoms with Crippen LogP contribution in [0.4, 0.5) is 20.2 Å². The summed E-state index contributed by atoms with van der Waals surface area (Å²) < 4.78 is 56.4. The van der Waals surface area contributed by atoms with Gasteiger partial charge in [-0.25, -0.2) is 17.2 Å². The zero-order chi connectivity index (χ0) is 19.3. The van der Waals surface area contributed by atoms with E-state index in [-0.39, 0.29) is 18.7 Å². The summed E-state index contributed by atoms with van der Waals surface area (Å²) in [7, 11) is -2.33. The average Bonchev–Trinajstić information content (AvgIpc) is 2.57. The van der Waals surface area contributed by atoms with E-state index in [1.54, 1.807) is 24.3 Å². The van der Waals surface area contributed by atoms with E-state index >= 15 is 0 Å². The standard InChI is InChI=1S/C17H18F2N2O4S/c1-25-16-6-4-3-5-15(16)20-17(22)9-10-21(26(2,23)24)12-7-8-13(18)14(19)11-12/h3-8,11H,9-10H2,1-2H3,(H,20,22). The Hall–Kier alpha value is -2.68. The van der Waals surface area contributed by atoms with Gasteiger partial charge in [0.2, 0.25) is 15.9 Å². The Morgan fingerprint density at radius 3 is 2.46 bits per heavy atom. The van der Waals surface area contributed by atoms with Gasteiger partial charge in [0.15, 0.2) is 11.6 Å². The van der Waals surface area contributed by atoms with Gasteiger partial charge in [0.05, 0.1) is 24.7 Å². The van der Waals surface area contributed by atoms with Crippen molar-refractivity contribution in [2.45, 2.75) is 6.42 Å². The smallest absolute Gasteiger partial charge is 0.232 e. The molecule has 0 atom stereocenters. The van der Waals surface area contributed by atoms with Crippen molar-refractivity contribution >= 4 is 27.3 Å². The molecule has 2 aromatic rings. The van der Waals surface area contributed by atoms with Crippen molar-refractivity contribution in [3.63, 3.8) is 0 Å². The number of hydrogen-bond acceptors (Lipinski definition) is 4. The minimum Gasteiger partial charge on any atom is -0.495 e. The van der Waals surface area contributed by atoms with Gasteiger partial charge in [0, 0.05) is 19.0 Å². The van der Waals surface area contributed by atoms with Crippen LogP contribution in [-0.2, 0) is 14.8 Å². The van der Waals surface area contributed by atoms with Crippen molar-refractivity contribution in [3.05, 3.63) is 54.1 Å². The highest BCUT2D eigenvalue weighted by Crippen LogP contribution is 2.24. The van der Waals surface area contributed by atoms with Gasteiger partial charge in [0.25, 0.3) is 0 Å². The fourth-order valence-corrected chi connectivity index (χ4v) is 3.21. The first-order chi connectivity index (χ1) is 12.2. The molecular formula is C17H18F2N2O4S. The highest BCUT2D eigenvalue weighted by molar-refractivity contribution is 7.92. The average molecular weight is 384 g/mol. The summed E-state index contributed by atoms with van der Waals surface area (Å²) in [5, 5.41) is 2.62. The monoisotopic (exact) mass is 384 g/mol. The van der Waals surface area contributed by atoms with E-state index in [2.05, 4.69) is 5.32 Å². The number of nitrogens with zero attached hydrogens (tertiary/aromatic N) is 1. The fraction of sp³-hybridized carbons (Fsp3) is 0.235. The number of halogens is 2. The Labute approximate surface area is 150 Å². The number of sulfonamides is 1. The van der Waals surface area contributed by atoms with Crippen LogP contribution >= 0.6 is 0 Å². The van der Waals surface area contributed by atoms with E-state index in [9.17, 15) is 22.0 Å². The largest absolute Gasteiger partial charge is 0.495 e. The number of carbonyl (C=O) groups excluding carboxylic acids is 1. The lowest BCUT2D eigenvalue weighted by molar-refractivity contribution is -0.116. The van der Waals surface area contributed by atoms with Crippen LogP contribution in [0.5, 0.6) is 5.75 Å². The maximum absolute atomic E-state index is 13.4. The maximum Gasteiger partial charge on any atom is 0.232 e. The molecule has 0 radical (unpaired) electrons. The summed E-state index contributed by atoms with van der Waals surface area (Å²) in [4.78, 5) is 12.1. The second-order valence-electron chi connectivity index (χ2n) is 5.43. The number of para-hydroxylation sites is 2. The molecule has 0 aromatic heterocycles. The summed E-state index contributed by atoms with van der Waals surface area (Å²) >= 11 is 0. The van der Waals surface area contributed by atoms with Gasteiger partial charge < -0.3 is 10.1 Å². The molecule has 2 aromatic carbocycles. The number of benzene rings is 2. The summed E-state index contributed by atoms with van der Waals surface area (Å²) in [6.45, 7) is -0.231. The van der Waals surface area contributed by atoms with Crippen molar-refractivity contribution in [1.29, 1.82) is 0 Å². The van der Waals surface area contributed by atoms with Crippen molar-refractivity contribution < 1.29 is 26.7 Å². The molecule has 9 heteroatoms. The molecule has 1 N–H and O–H groups in total. The zero-order valence-electron chi connectivity index (χ0n) is 14.2. The summed E-state index contributed by atoms with van der Waals surface area (Å²) in [5.74, 6) is -2.25. The highest BCUT2D eigenvalue weighted by Gasteiger charge is 2.20. The highest BCUT2D eigenvalue weighted by atomic mass is 32.2. The van der Waals surface area contributed by atoms with Crippen LogP contribution < -0.4 is 14.4 Å². The molecule has 140 valence electrons. The quantitative estimate of drug-likeness (QED) is 0.797. The molecule has 0 unspecified atom stereocenters. The van der Waals surface area contributed by atoms with Crippen molar-refractivity contribution in [2.24, 2.45) is 0 Å². The molecule has 0 saturated heterocycles. The van der Waals surface area contributed by atoms with E-state index in [0.29, 0.717) is 11.4 Å². The van der Waals surface area contributed by atoms with Crippen LogP contribution in [0.2, 0.25) is 0 Å². The predicted octanol–water partition coefficient (Wildman–Crippen LogP) is 2.77. The molecule has 0 heterocycles. The lowest BCUT2D eigenvalue weighted by Crippen LogP contribution is -2.33. The second-order valence-corrected chi connectivity index (χ2v) is 7.34. The number of methoxy groups -OCH3 is 1. The Kier molecular flexibility index (Phi) is 6.14. The lowest BCUT2D eigenvalue weighted by Gasteiger charge is -2.22. The van der Waals surface area contributed by atoms with Gasteiger partial charge in [-0.2, -0.15) is 0 Å². The van der Waals surface area contributed by atoms with E-state index in [4.69, 9.17) is 4.74 Å². The van der Waals surface area contributed by atoms with Crippen LogP contribution in [0, 0.1) is 11.6 Å². The topological polar surface area (TPSA) is 75.7 Å². The zero-order valence-corrected chi connectivity index (χ0v) is 15.0. The van der Waals surface area contributed by atoms with E-state index in [0.717, 1.165) is 28.8 Å². The first-order valence-corrected chi connectivity index (χ1v) is 9.43. The molecule has 0 bridgehead atoms. The van der Waals surface area contributed by atoms with Crippen LogP contribution in [0.15, 0.2) is 42.5 Å². The molecule has 26 heavy (non-hydrogen) atoms. The summed E-state index contributed by atoms with van der Waals surface area (Å²) in [6, 6.07) is 9.50. The van der Waals surface area contributed by atoms with Crippen LogP contribution in [-0.4, -0.2) is 34.2 Å².